The molecule has 0 atom stereocenters. The molecule has 6 nitrogen and oxygen atoms in total. The van der Waals surface area contributed by atoms with E-state index in [2.05, 4.69) is 36.9 Å². The van der Waals surface area contributed by atoms with Crippen LogP contribution in [0.2, 0.25) is 0 Å². The number of carbonyl (C=O) groups excluding carboxylic acids is 1. The summed E-state index contributed by atoms with van der Waals surface area (Å²) in [6, 6.07) is 14.1. The summed E-state index contributed by atoms with van der Waals surface area (Å²) < 4.78 is 1.88. The van der Waals surface area contributed by atoms with Crippen molar-refractivity contribution in [2.45, 2.75) is 53.2 Å². The van der Waals surface area contributed by atoms with Gasteiger partial charge in [0.25, 0.3) is 5.91 Å². The molecule has 0 saturated heterocycles. The van der Waals surface area contributed by atoms with Gasteiger partial charge in [-0.25, -0.2) is 9.67 Å². The van der Waals surface area contributed by atoms with Gasteiger partial charge in [-0.3, -0.25) is 9.78 Å². The molecule has 3 aromatic heterocycles. The zero-order valence-corrected chi connectivity index (χ0v) is 19.3. The molecule has 4 rings (SSSR count). The molecule has 0 N–H and O–H groups in total. The molecule has 4 aromatic rings. The number of benzene rings is 1. The predicted octanol–water partition coefficient (Wildman–Crippen LogP) is 5.43. The summed E-state index contributed by atoms with van der Waals surface area (Å²) in [5.74, 6) is -0.0330. The number of aromatic nitrogens is 4. The Kier molecular flexibility index (Phi) is 6.04. The largest absolute Gasteiger partial charge is 0.332 e. The van der Waals surface area contributed by atoms with Crippen molar-refractivity contribution in [1.82, 2.24) is 24.6 Å². The Hall–Kier alpha value is -3.54. The van der Waals surface area contributed by atoms with Crippen LogP contribution in [0, 0.1) is 6.92 Å². The van der Waals surface area contributed by atoms with Crippen molar-refractivity contribution in [2.24, 2.45) is 0 Å². The topological polar surface area (TPSA) is 63.9 Å². The Labute approximate surface area is 188 Å². The van der Waals surface area contributed by atoms with Crippen molar-refractivity contribution in [3.05, 3.63) is 77.7 Å². The lowest BCUT2D eigenvalue weighted by atomic mass is 10.0. The highest BCUT2D eigenvalue weighted by Gasteiger charge is 2.25. The van der Waals surface area contributed by atoms with E-state index in [1.807, 2.05) is 59.8 Å². The smallest absolute Gasteiger partial charge is 0.255 e. The Morgan fingerprint density at radius 1 is 1.06 bits per heavy atom. The SMILES string of the molecule is Cc1ccccc1-c1cc(C(=O)N(Cc2cccnc2)C(C)C)c2cnn(C(C)C)c2n1. The first kappa shape index (κ1) is 21.7. The second-order valence-corrected chi connectivity index (χ2v) is 8.68. The van der Waals surface area contributed by atoms with Crippen LogP contribution in [-0.2, 0) is 6.54 Å². The van der Waals surface area contributed by atoms with Crippen molar-refractivity contribution in [1.29, 1.82) is 0 Å². The van der Waals surface area contributed by atoms with Crippen LogP contribution in [0.1, 0.15) is 55.2 Å². The summed E-state index contributed by atoms with van der Waals surface area (Å²) >= 11 is 0. The molecule has 1 aromatic carbocycles. The van der Waals surface area contributed by atoms with Crippen LogP contribution in [0.15, 0.2) is 61.1 Å². The van der Waals surface area contributed by atoms with Gasteiger partial charge in [-0.05, 0) is 57.9 Å². The van der Waals surface area contributed by atoms with E-state index in [1.54, 1.807) is 18.6 Å². The quantitative estimate of drug-likeness (QED) is 0.411. The average Bonchev–Trinajstić information content (AvgIpc) is 3.21. The first-order valence-electron chi connectivity index (χ1n) is 11.0. The molecule has 0 radical (unpaired) electrons. The highest BCUT2D eigenvalue weighted by atomic mass is 16.2. The molecule has 0 aliphatic carbocycles. The first-order chi connectivity index (χ1) is 15.4. The number of aryl methyl sites for hydroxylation is 1. The summed E-state index contributed by atoms with van der Waals surface area (Å²) in [6.45, 7) is 10.8. The molecule has 1 amide bonds. The van der Waals surface area contributed by atoms with Crippen LogP contribution in [0.5, 0.6) is 0 Å². The summed E-state index contributed by atoms with van der Waals surface area (Å²) in [7, 11) is 0. The van der Waals surface area contributed by atoms with E-state index in [0.717, 1.165) is 33.4 Å². The molecule has 0 unspecified atom stereocenters. The Balaban J connectivity index is 1.88. The van der Waals surface area contributed by atoms with Gasteiger partial charge in [-0.15, -0.1) is 0 Å². The van der Waals surface area contributed by atoms with Crippen LogP contribution in [0.4, 0.5) is 0 Å². The van der Waals surface area contributed by atoms with Crippen molar-refractivity contribution in [3.63, 3.8) is 0 Å². The third-order valence-corrected chi connectivity index (χ3v) is 5.67. The van der Waals surface area contributed by atoms with Gasteiger partial charge in [-0.1, -0.05) is 30.3 Å². The van der Waals surface area contributed by atoms with Gasteiger partial charge in [0.1, 0.15) is 0 Å². The monoisotopic (exact) mass is 427 g/mol. The van der Waals surface area contributed by atoms with Crippen molar-refractivity contribution in [2.75, 3.05) is 0 Å². The Bertz CT molecular complexity index is 1240. The molecule has 0 bridgehead atoms. The van der Waals surface area contributed by atoms with Gasteiger partial charge in [0, 0.05) is 36.6 Å². The number of hydrogen-bond acceptors (Lipinski definition) is 4. The maximum atomic E-state index is 13.9. The van der Waals surface area contributed by atoms with Gasteiger partial charge in [0.2, 0.25) is 0 Å². The number of hydrogen-bond donors (Lipinski definition) is 0. The highest BCUT2D eigenvalue weighted by molar-refractivity contribution is 6.06. The van der Waals surface area contributed by atoms with Gasteiger partial charge < -0.3 is 4.90 Å². The third kappa shape index (κ3) is 4.13. The van der Waals surface area contributed by atoms with Crippen molar-refractivity contribution >= 4 is 16.9 Å². The first-order valence-corrected chi connectivity index (χ1v) is 11.0. The van der Waals surface area contributed by atoms with Gasteiger partial charge in [0.15, 0.2) is 5.65 Å². The molecule has 164 valence electrons. The number of fused-ring (bicyclic) bond motifs is 1. The molecule has 0 fully saturated rings. The molecule has 0 spiro atoms. The zero-order valence-electron chi connectivity index (χ0n) is 19.3. The lowest BCUT2D eigenvalue weighted by Crippen LogP contribution is -2.36. The number of pyridine rings is 2. The fourth-order valence-corrected chi connectivity index (χ4v) is 3.90. The number of amides is 1. The van der Waals surface area contributed by atoms with E-state index >= 15 is 0 Å². The van der Waals surface area contributed by atoms with Crippen LogP contribution in [0.25, 0.3) is 22.3 Å². The summed E-state index contributed by atoms with van der Waals surface area (Å²) in [4.78, 5) is 24.9. The Morgan fingerprint density at radius 2 is 1.84 bits per heavy atom. The number of rotatable bonds is 6. The average molecular weight is 428 g/mol. The molecular weight excluding hydrogens is 398 g/mol. The van der Waals surface area contributed by atoms with Crippen molar-refractivity contribution < 1.29 is 4.79 Å². The van der Waals surface area contributed by atoms with E-state index < -0.39 is 0 Å². The normalized spacial score (nSPS) is 11.5. The molecule has 0 aliphatic heterocycles. The molecule has 6 heteroatoms. The van der Waals surface area contributed by atoms with Crippen LogP contribution >= 0.6 is 0 Å². The summed E-state index contributed by atoms with van der Waals surface area (Å²) in [6.07, 6.45) is 5.31. The fraction of sp³-hybridized carbons (Fsp3) is 0.308. The number of carbonyl (C=O) groups is 1. The second-order valence-electron chi connectivity index (χ2n) is 8.68. The van der Waals surface area contributed by atoms with E-state index in [4.69, 9.17) is 4.98 Å². The predicted molar refractivity (Wildman–Crippen MR) is 127 cm³/mol. The van der Waals surface area contributed by atoms with Crippen LogP contribution < -0.4 is 0 Å². The van der Waals surface area contributed by atoms with Gasteiger partial charge in [0.05, 0.1) is 22.8 Å². The maximum absolute atomic E-state index is 13.9. The highest BCUT2D eigenvalue weighted by Crippen LogP contribution is 2.29. The summed E-state index contributed by atoms with van der Waals surface area (Å²) in [5, 5.41) is 5.33. The summed E-state index contributed by atoms with van der Waals surface area (Å²) in [5.41, 5.74) is 5.27. The lowest BCUT2D eigenvalue weighted by molar-refractivity contribution is 0.0692. The molecule has 0 saturated carbocycles. The molecule has 3 heterocycles. The lowest BCUT2D eigenvalue weighted by Gasteiger charge is -2.27. The molecule has 0 aliphatic rings. The second kappa shape index (κ2) is 8.91. The molecule has 32 heavy (non-hydrogen) atoms. The number of nitrogens with zero attached hydrogens (tertiary/aromatic N) is 5. The van der Waals surface area contributed by atoms with E-state index in [0.29, 0.717) is 12.1 Å². The minimum absolute atomic E-state index is 0.0213. The molecular formula is C26H29N5O. The van der Waals surface area contributed by atoms with Crippen LogP contribution in [0.3, 0.4) is 0 Å². The van der Waals surface area contributed by atoms with Crippen molar-refractivity contribution in [3.8, 4) is 11.3 Å². The van der Waals surface area contributed by atoms with Gasteiger partial charge >= 0.3 is 0 Å². The minimum Gasteiger partial charge on any atom is -0.332 e. The zero-order chi connectivity index (χ0) is 22.8. The van der Waals surface area contributed by atoms with E-state index in [-0.39, 0.29) is 18.0 Å². The van der Waals surface area contributed by atoms with E-state index in [9.17, 15) is 4.79 Å². The fourth-order valence-electron chi connectivity index (χ4n) is 3.90. The Morgan fingerprint density at radius 3 is 2.50 bits per heavy atom. The van der Waals surface area contributed by atoms with E-state index in [1.165, 1.54) is 0 Å². The standard InChI is InChI=1S/C26H29N5O/c1-17(2)30(16-20-10-8-12-27-14-20)26(32)22-13-24(21-11-7-6-9-19(21)5)29-25-23(22)15-28-31(25)18(3)4/h6-15,17-18H,16H2,1-5H3. The minimum atomic E-state index is -0.0330. The van der Waals surface area contributed by atoms with Gasteiger partial charge in [-0.2, -0.15) is 5.10 Å². The van der Waals surface area contributed by atoms with Crippen LogP contribution in [-0.4, -0.2) is 36.6 Å². The maximum Gasteiger partial charge on any atom is 0.255 e. The third-order valence-electron chi connectivity index (χ3n) is 5.67.